The van der Waals surface area contributed by atoms with Crippen molar-refractivity contribution in [1.82, 2.24) is 5.32 Å². The van der Waals surface area contributed by atoms with Crippen molar-refractivity contribution < 1.29 is 13.9 Å². The summed E-state index contributed by atoms with van der Waals surface area (Å²) in [5, 5.41) is 2.91. The summed E-state index contributed by atoms with van der Waals surface area (Å²) in [6.45, 7) is 0.0334. The van der Waals surface area contributed by atoms with Gasteiger partial charge in [-0.05, 0) is 11.1 Å². The predicted molar refractivity (Wildman–Crippen MR) is 71.0 cm³/mol. The Balaban J connectivity index is 2.61. The van der Waals surface area contributed by atoms with Crippen LogP contribution >= 0.6 is 0 Å². The van der Waals surface area contributed by atoms with Crippen molar-refractivity contribution in [1.29, 1.82) is 0 Å². The van der Waals surface area contributed by atoms with E-state index in [1.165, 1.54) is 7.11 Å². The van der Waals surface area contributed by atoms with Crippen molar-refractivity contribution in [3.63, 3.8) is 0 Å². The third kappa shape index (κ3) is 4.94. The van der Waals surface area contributed by atoms with Crippen molar-refractivity contribution in [3.05, 3.63) is 35.4 Å². The van der Waals surface area contributed by atoms with E-state index in [2.05, 4.69) is 5.32 Å². The second-order valence-electron chi connectivity index (χ2n) is 4.29. The van der Waals surface area contributed by atoms with Crippen molar-refractivity contribution >= 4 is 5.91 Å². The number of nitrogens with one attached hydrogen (secondary N) is 1. The minimum atomic E-state index is -0.677. The highest BCUT2D eigenvalue weighted by atomic mass is 19.1. The third-order valence-corrected chi connectivity index (χ3v) is 2.76. The van der Waals surface area contributed by atoms with E-state index < -0.39 is 24.7 Å². The minimum absolute atomic E-state index is 0.134. The molecule has 0 aliphatic rings. The molecule has 0 bridgehead atoms. The Morgan fingerprint density at radius 3 is 2.53 bits per heavy atom. The van der Waals surface area contributed by atoms with Crippen molar-refractivity contribution in [2.45, 2.75) is 18.7 Å². The van der Waals surface area contributed by atoms with Crippen LogP contribution in [-0.2, 0) is 16.1 Å². The number of hydrogen-bond acceptors (Lipinski definition) is 4. The zero-order valence-corrected chi connectivity index (χ0v) is 10.9. The fraction of sp³-hybridized carbons (Fsp3) is 0.462. The molecule has 0 fully saturated rings. The molecule has 6 heteroatoms. The fourth-order valence-electron chi connectivity index (χ4n) is 1.79. The van der Waals surface area contributed by atoms with Crippen LogP contribution < -0.4 is 16.8 Å². The third-order valence-electron chi connectivity index (χ3n) is 2.76. The predicted octanol–water partition coefficient (Wildman–Crippen LogP) is 0.246. The molecule has 0 aliphatic heterocycles. The Morgan fingerprint density at radius 1 is 1.42 bits per heavy atom. The SMILES string of the molecule is CO[C@H](c1ccc(CNCC(N)=O)cc1)[C@H](N)CF. The molecule has 1 amide bonds. The number of carbonyl (C=O) groups is 1. The van der Waals surface area contributed by atoms with Gasteiger partial charge in [0.05, 0.1) is 18.7 Å². The van der Waals surface area contributed by atoms with Crippen LogP contribution in [0.15, 0.2) is 24.3 Å². The molecule has 19 heavy (non-hydrogen) atoms. The average Bonchev–Trinajstić information content (AvgIpc) is 2.40. The standard InChI is InChI=1S/C13H20FN3O2/c1-19-13(11(15)6-14)10-4-2-9(3-5-10)7-17-8-12(16)18/h2-5,11,13,17H,6-8,15H2,1H3,(H2,16,18)/t11-,13-/m1/s1. The fourth-order valence-corrected chi connectivity index (χ4v) is 1.79. The van der Waals surface area contributed by atoms with Crippen LogP contribution in [0.4, 0.5) is 4.39 Å². The van der Waals surface area contributed by atoms with Crippen molar-refractivity contribution in [2.75, 3.05) is 20.3 Å². The number of carbonyl (C=O) groups excluding carboxylic acids is 1. The lowest BCUT2D eigenvalue weighted by Gasteiger charge is -2.20. The van der Waals surface area contributed by atoms with Gasteiger partial charge in [0.15, 0.2) is 0 Å². The molecule has 5 nitrogen and oxygen atoms in total. The number of hydrogen-bond donors (Lipinski definition) is 3. The molecule has 0 radical (unpaired) electrons. The maximum Gasteiger partial charge on any atom is 0.231 e. The minimum Gasteiger partial charge on any atom is -0.375 e. The molecule has 0 aromatic heterocycles. The van der Waals surface area contributed by atoms with Crippen molar-refractivity contribution in [2.24, 2.45) is 11.5 Å². The van der Waals surface area contributed by atoms with Gasteiger partial charge in [0.1, 0.15) is 6.67 Å². The van der Waals surface area contributed by atoms with E-state index >= 15 is 0 Å². The van der Waals surface area contributed by atoms with E-state index in [0.29, 0.717) is 6.54 Å². The van der Waals surface area contributed by atoms with Crippen LogP contribution in [0.3, 0.4) is 0 Å². The van der Waals surface area contributed by atoms with Gasteiger partial charge in [-0.25, -0.2) is 4.39 Å². The number of methoxy groups -OCH3 is 1. The number of primary amides is 1. The molecule has 5 N–H and O–H groups in total. The van der Waals surface area contributed by atoms with Gasteiger partial charge in [-0.15, -0.1) is 0 Å². The molecule has 0 saturated carbocycles. The van der Waals surface area contributed by atoms with E-state index in [1.54, 1.807) is 0 Å². The van der Waals surface area contributed by atoms with Crippen LogP contribution in [0.5, 0.6) is 0 Å². The van der Waals surface area contributed by atoms with E-state index in [-0.39, 0.29) is 6.54 Å². The Hall–Kier alpha value is -1.50. The zero-order valence-electron chi connectivity index (χ0n) is 10.9. The number of amides is 1. The van der Waals surface area contributed by atoms with E-state index in [0.717, 1.165) is 11.1 Å². The molecule has 106 valence electrons. The smallest absolute Gasteiger partial charge is 0.231 e. The number of halogens is 1. The topological polar surface area (TPSA) is 90.4 Å². The molecular formula is C13H20FN3O2. The number of alkyl halides is 1. The second-order valence-corrected chi connectivity index (χ2v) is 4.29. The molecule has 1 aromatic rings. The molecule has 0 saturated heterocycles. The summed E-state index contributed by atoms with van der Waals surface area (Å²) in [7, 11) is 1.50. The molecule has 0 spiro atoms. The summed E-state index contributed by atoms with van der Waals surface area (Å²) in [6, 6.07) is 6.75. The Kier molecular flexibility index (Phi) is 6.41. The van der Waals surface area contributed by atoms with Crippen molar-refractivity contribution in [3.8, 4) is 0 Å². The second kappa shape index (κ2) is 7.83. The van der Waals surface area contributed by atoms with Gasteiger partial charge in [0, 0.05) is 13.7 Å². The molecule has 0 heterocycles. The van der Waals surface area contributed by atoms with Crippen LogP contribution in [-0.4, -0.2) is 32.3 Å². The number of nitrogens with two attached hydrogens (primary N) is 2. The van der Waals surface area contributed by atoms with Crippen LogP contribution in [0.2, 0.25) is 0 Å². The summed E-state index contributed by atoms with van der Waals surface area (Å²) in [6.07, 6.45) is -0.461. The lowest BCUT2D eigenvalue weighted by molar-refractivity contribution is -0.117. The van der Waals surface area contributed by atoms with Gasteiger partial charge in [0.25, 0.3) is 0 Å². The summed E-state index contributed by atoms with van der Waals surface area (Å²) >= 11 is 0. The number of benzene rings is 1. The summed E-state index contributed by atoms with van der Waals surface area (Å²) in [5.41, 5.74) is 12.5. The molecule has 2 atom stereocenters. The van der Waals surface area contributed by atoms with Crippen LogP contribution in [0.1, 0.15) is 17.2 Å². The van der Waals surface area contributed by atoms with Gasteiger partial charge in [-0.2, -0.15) is 0 Å². The first-order chi connectivity index (χ1) is 9.08. The van der Waals surface area contributed by atoms with Crippen LogP contribution in [0.25, 0.3) is 0 Å². The zero-order chi connectivity index (χ0) is 14.3. The lowest BCUT2D eigenvalue weighted by Crippen LogP contribution is -2.31. The largest absolute Gasteiger partial charge is 0.375 e. The molecule has 1 aromatic carbocycles. The Morgan fingerprint density at radius 2 is 2.05 bits per heavy atom. The van der Waals surface area contributed by atoms with E-state index in [1.807, 2.05) is 24.3 Å². The molecule has 0 unspecified atom stereocenters. The maximum atomic E-state index is 12.6. The first kappa shape index (κ1) is 15.6. The summed E-state index contributed by atoms with van der Waals surface area (Å²) in [5.74, 6) is -0.398. The highest BCUT2D eigenvalue weighted by Crippen LogP contribution is 2.20. The molecule has 0 aliphatic carbocycles. The summed E-state index contributed by atoms with van der Waals surface area (Å²) in [4.78, 5) is 10.6. The Labute approximate surface area is 112 Å². The van der Waals surface area contributed by atoms with Gasteiger partial charge in [-0.3, -0.25) is 4.79 Å². The number of ether oxygens (including phenoxy) is 1. The van der Waals surface area contributed by atoms with Gasteiger partial charge in [0.2, 0.25) is 5.91 Å². The van der Waals surface area contributed by atoms with E-state index in [4.69, 9.17) is 16.2 Å². The van der Waals surface area contributed by atoms with E-state index in [9.17, 15) is 9.18 Å². The lowest BCUT2D eigenvalue weighted by atomic mass is 10.0. The monoisotopic (exact) mass is 269 g/mol. The van der Waals surface area contributed by atoms with Gasteiger partial charge in [-0.1, -0.05) is 24.3 Å². The maximum absolute atomic E-state index is 12.6. The first-order valence-electron chi connectivity index (χ1n) is 6.00. The Bertz CT molecular complexity index is 397. The summed E-state index contributed by atoms with van der Waals surface area (Å²) < 4.78 is 17.8. The van der Waals surface area contributed by atoms with Gasteiger partial charge >= 0.3 is 0 Å². The average molecular weight is 269 g/mol. The highest BCUT2D eigenvalue weighted by Gasteiger charge is 2.18. The molecule has 1 rings (SSSR count). The van der Waals surface area contributed by atoms with Gasteiger partial charge < -0.3 is 21.5 Å². The first-order valence-corrected chi connectivity index (χ1v) is 6.00. The highest BCUT2D eigenvalue weighted by molar-refractivity contribution is 5.75. The number of rotatable bonds is 8. The van der Waals surface area contributed by atoms with Crippen LogP contribution in [0, 0.1) is 0 Å². The molecular weight excluding hydrogens is 249 g/mol. The quantitative estimate of drug-likeness (QED) is 0.631. The normalized spacial score (nSPS) is 14.1.